The number of nitrogens with zero attached hydrogens (tertiary/aromatic N) is 1. The maximum Gasteiger partial charge on any atom is 0.173 e. The molecule has 1 heterocycles. The van der Waals surface area contributed by atoms with Crippen LogP contribution in [-0.4, -0.2) is 10.3 Å². The maximum atomic E-state index is 13.3. The largest absolute Gasteiger partial charge is 0.391 e. The van der Waals surface area contributed by atoms with Gasteiger partial charge in [-0.05, 0) is 24.3 Å². The molecule has 5 heteroatoms. The molecule has 0 aliphatic heterocycles. The predicted molar refractivity (Wildman–Crippen MR) is 78.3 cm³/mol. The van der Waals surface area contributed by atoms with Gasteiger partial charge in [0, 0.05) is 16.1 Å². The molecule has 0 aliphatic carbocycles. The van der Waals surface area contributed by atoms with Crippen LogP contribution in [0.15, 0.2) is 53.1 Å². The molecule has 106 valence electrons. The number of halogens is 2. The third-order valence-electron chi connectivity index (χ3n) is 3.13. The van der Waals surface area contributed by atoms with Crippen molar-refractivity contribution in [3.63, 3.8) is 0 Å². The lowest BCUT2D eigenvalue weighted by molar-refractivity contribution is 0.281. The molecule has 3 nitrogen and oxygen atoms in total. The molecule has 0 amide bonds. The predicted octanol–water partition coefficient (Wildman–Crippen LogP) is 4.29. The summed E-state index contributed by atoms with van der Waals surface area (Å²) >= 11 is 5.96. The van der Waals surface area contributed by atoms with Gasteiger partial charge in [0.2, 0.25) is 0 Å². The zero-order valence-electron chi connectivity index (χ0n) is 10.9. The molecule has 0 saturated heterocycles. The first kappa shape index (κ1) is 13.8. The van der Waals surface area contributed by atoms with Crippen molar-refractivity contribution in [1.29, 1.82) is 0 Å². The number of aliphatic hydroxyl groups excluding tert-OH is 1. The van der Waals surface area contributed by atoms with Gasteiger partial charge in [-0.25, -0.2) is 4.39 Å². The van der Waals surface area contributed by atoms with E-state index in [1.165, 1.54) is 12.1 Å². The van der Waals surface area contributed by atoms with Crippen LogP contribution in [0.25, 0.3) is 22.6 Å². The second-order valence-electron chi connectivity index (χ2n) is 4.52. The molecule has 1 aromatic heterocycles. The van der Waals surface area contributed by atoms with Crippen LogP contribution >= 0.6 is 11.6 Å². The molecule has 3 aromatic rings. The van der Waals surface area contributed by atoms with Gasteiger partial charge in [-0.3, -0.25) is 0 Å². The summed E-state index contributed by atoms with van der Waals surface area (Å²) in [5, 5.41) is 14.1. The highest BCUT2D eigenvalue weighted by Crippen LogP contribution is 2.33. The molecule has 0 bridgehead atoms. The lowest BCUT2D eigenvalue weighted by Gasteiger charge is -2.02. The molecule has 0 spiro atoms. The van der Waals surface area contributed by atoms with E-state index in [9.17, 15) is 9.50 Å². The zero-order valence-corrected chi connectivity index (χ0v) is 11.6. The Morgan fingerprint density at radius 1 is 1.10 bits per heavy atom. The van der Waals surface area contributed by atoms with Crippen molar-refractivity contribution in [1.82, 2.24) is 5.16 Å². The maximum absolute atomic E-state index is 13.3. The first-order valence-corrected chi connectivity index (χ1v) is 6.68. The van der Waals surface area contributed by atoms with Gasteiger partial charge in [-0.2, -0.15) is 0 Å². The molecule has 1 N–H and O–H groups in total. The van der Waals surface area contributed by atoms with Crippen molar-refractivity contribution in [3.05, 3.63) is 64.9 Å². The van der Waals surface area contributed by atoms with Gasteiger partial charge in [0.1, 0.15) is 11.5 Å². The molecule has 0 radical (unpaired) electrons. The van der Waals surface area contributed by atoms with Crippen LogP contribution in [-0.2, 0) is 6.61 Å². The summed E-state index contributed by atoms with van der Waals surface area (Å²) in [7, 11) is 0. The van der Waals surface area contributed by atoms with E-state index in [0.29, 0.717) is 33.2 Å². The minimum atomic E-state index is -0.372. The smallest absolute Gasteiger partial charge is 0.173 e. The number of hydrogen-bond donors (Lipinski definition) is 1. The molecule has 3 rings (SSSR count). The van der Waals surface area contributed by atoms with Crippen molar-refractivity contribution >= 4 is 11.6 Å². The van der Waals surface area contributed by atoms with Gasteiger partial charge in [0.05, 0.1) is 12.2 Å². The third-order valence-corrected chi connectivity index (χ3v) is 3.37. The van der Waals surface area contributed by atoms with E-state index in [-0.39, 0.29) is 12.4 Å². The molecular formula is C16H11ClFNO2. The fraction of sp³-hybridized carbons (Fsp3) is 0.0625. The molecule has 0 unspecified atom stereocenters. The van der Waals surface area contributed by atoms with Gasteiger partial charge in [0.25, 0.3) is 0 Å². The minimum absolute atomic E-state index is 0.267. The normalized spacial score (nSPS) is 10.8. The molecule has 21 heavy (non-hydrogen) atoms. The number of aromatic nitrogens is 1. The SMILES string of the molecule is OCc1c(-c2cccc(F)c2)noc1-c1cccc(Cl)c1. The van der Waals surface area contributed by atoms with Crippen LogP contribution in [0.1, 0.15) is 5.56 Å². The highest BCUT2D eigenvalue weighted by atomic mass is 35.5. The highest BCUT2D eigenvalue weighted by molar-refractivity contribution is 6.30. The van der Waals surface area contributed by atoms with Gasteiger partial charge in [-0.15, -0.1) is 0 Å². The lowest BCUT2D eigenvalue weighted by atomic mass is 10.0. The van der Waals surface area contributed by atoms with Gasteiger partial charge >= 0.3 is 0 Å². The minimum Gasteiger partial charge on any atom is -0.391 e. The second-order valence-corrected chi connectivity index (χ2v) is 4.95. The molecule has 0 saturated carbocycles. The van der Waals surface area contributed by atoms with Crippen molar-refractivity contribution in [3.8, 4) is 22.6 Å². The number of aliphatic hydroxyl groups is 1. The monoisotopic (exact) mass is 303 g/mol. The van der Waals surface area contributed by atoms with Crippen molar-refractivity contribution in [2.24, 2.45) is 0 Å². The van der Waals surface area contributed by atoms with Gasteiger partial charge in [0.15, 0.2) is 5.76 Å². The fourth-order valence-corrected chi connectivity index (χ4v) is 2.37. The van der Waals surface area contributed by atoms with Gasteiger partial charge < -0.3 is 9.63 Å². The Hall–Kier alpha value is -2.17. The first-order chi connectivity index (χ1) is 10.2. The Kier molecular flexibility index (Phi) is 3.73. The van der Waals surface area contributed by atoms with Crippen LogP contribution in [0.5, 0.6) is 0 Å². The standard InChI is InChI=1S/C16H11ClFNO2/c17-12-5-1-4-11(7-12)16-14(9-20)15(19-21-16)10-3-2-6-13(18)8-10/h1-8,20H,9H2. The van der Waals surface area contributed by atoms with Crippen LogP contribution in [0.2, 0.25) is 5.02 Å². The second kappa shape index (κ2) is 5.68. The van der Waals surface area contributed by atoms with Crippen LogP contribution < -0.4 is 0 Å². The van der Waals surface area contributed by atoms with E-state index in [4.69, 9.17) is 16.1 Å². The summed E-state index contributed by atoms with van der Waals surface area (Å²) in [6.45, 7) is -0.267. The van der Waals surface area contributed by atoms with E-state index in [1.54, 1.807) is 36.4 Å². The first-order valence-electron chi connectivity index (χ1n) is 6.30. The Morgan fingerprint density at radius 2 is 1.86 bits per heavy atom. The van der Waals surface area contributed by atoms with Crippen molar-refractivity contribution in [2.45, 2.75) is 6.61 Å². The zero-order chi connectivity index (χ0) is 14.8. The summed E-state index contributed by atoms with van der Waals surface area (Å²) in [5.41, 5.74) is 2.19. The average molecular weight is 304 g/mol. The molecule has 0 atom stereocenters. The van der Waals surface area contributed by atoms with Crippen LogP contribution in [0.4, 0.5) is 4.39 Å². The van der Waals surface area contributed by atoms with Crippen LogP contribution in [0.3, 0.4) is 0 Å². The van der Waals surface area contributed by atoms with Crippen LogP contribution in [0, 0.1) is 5.82 Å². The van der Waals surface area contributed by atoms with Gasteiger partial charge in [-0.1, -0.05) is 41.0 Å². The molecular weight excluding hydrogens is 293 g/mol. The average Bonchev–Trinajstić information content (AvgIpc) is 2.91. The summed E-state index contributed by atoms with van der Waals surface area (Å²) in [5.74, 6) is 0.0583. The lowest BCUT2D eigenvalue weighted by Crippen LogP contribution is -1.89. The molecule has 2 aromatic carbocycles. The van der Waals surface area contributed by atoms with E-state index in [1.807, 2.05) is 0 Å². The Bertz CT molecular complexity index is 722. The Morgan fingerprint density at radius 3 is 2.57 bits per heavy atom. The van der Waals surface area contributed by atoms with E-state index >= 15 is 0 Å². The highest BCUT2D eigenvalue weighted by Gasteiger charge is 2.18. The van der Waals surface area contributed by atoms with E-state index in [2.05, 4.69) is 5.16 Å². The molecule has 0 fully saturated rings. The van der Waals surface area contributed by atoms with Crippen molar-refractivity contribution < 1.29 is 14.0 Å². The summed E-state index contributed by atoms with van der Waals surface area (Å²) < 4.78 is 18.7. The Balaban J connectivity index is 2.13. The van der Waals surface area contributed by atoms with E-state index in [0.717, 1.165) is 0 Å². The number of rotatable bonds is 3. The number of benzene rings is 2. The summed E-state index contributed by atoms with van der Waals surface area (Å²) in [6, 6.07) is 13.0. The topological polar surface area (TPSA) is 46.3 Å². The van der Waals surface area contributed by atoms with E-state index < -0.39 is 0 Å². The fourth-order valence-electron chi connectivity index (χ4n) is 2.18. The van der Waals surface area contributed by atoms with Crippen molar-refractivity contribution in [2.75, 3.05) is 0 Å². The number of hydrogen-bond acceptors (Lipinski definition) is 3. The third kappa shape index (κ3) is 2.68. The quantitative estimate of drug-likeness (QED) is 0.785. The molecule has 0 aliphatic rings. The Labute approximate surface area is 125 Å². The summed E-state index contributed by atoms with van der Waals surface area (Å²) in [4.78, 5) is 0. The summed E-state index contributed by atoms with van der Waals surface area (Å²) in [6.07, 6.45) is 0.